The monoisotopic (exact) mass is 260 g/mol. The lowest BCUT2D eigenvalue weighted by atomic mass is 10.4. The number of unbranched alkanes of at least 4 members (excludes halogenated alkanes) is 1. The van der Waals surface area contributed by atoms with E-state index in [0.717, 1.165) is 31.4 Å². The highest BCUT2D eigenvalue weighted by Gasteiger charge is 2.33. The van der Waals surface area contributed by atoms with E-state index >= 15 is 0 Å². The summed E-state index contributed by atoms with van der Waals surface area (Å²) in [6.45, 7) is 5.91. The second-order valence-corrected chi connectivity index (χ2v) is 7.54. The Labute approximate surface area is 105 Å². The minimum absolute atomic E-state index is 0.361. The minimum atomic E-state index is -1.99. The molecule has 0 fully saturated rings. The third-order valence-electron chi connectivity index (χ3n) is 2.74. The number of ether oxygens (including phenoxy) is 1. The molecule has 0 heterocycles. The second kappa shape index (κ2) is 9.38. The van der Waals surface area contributed by atoms with Gasteiger partial charge >= 0.3 is 14.5 Å². The predicted octanol–water partition coefficient (Wildman–Crippen LogP) is 2.64. The zero-order valence-corrected chi connectivity index (χ0v) is 12.2. The number of esters is 1. The number of hydrogen-bond acceptors (Lipinski definition) is 4. The van der Waals surface area contributed by atoms with E-state index in [2.05, 4.69) is 13.5 Å². The van der Waals surface area contributed by atoms with Crippen molar-refractivity contribution in [1.29, 1.82) is 0 Å². The molecule has 0 aromatic rings. The molecule has 4 nitrogen and oxygen atoms in total. The Bertz CT molecular complexity index is 227. The van der Waals surface area contributed by atoms with Gasteiger partial charge < -0.3 is 13.6 Å². The molecule has 0 radical (unpaired) electrons. The van der Waals surface area contributed by atoms with Crippen LogP contribution in [-0.2, 0) is 18.4 Å². The summed E-state index contributed by atoms with van der Waals surface area (Å²) in [6.07, 6.45) is 4.04. The van der Waals surface area contributed by atoms with Gasteiger partial charge in [-0.2, -0.15) is 0 Å². The molecule has 5 heteroatoms. The van der Waals surface area contributed by atoms with E-state index in [9.17, 15) is 4.79 Å². The first-order valence-electron chi connectivity index (χ1n) is 6.03. The first-order valence-corrected chi connectivity index (χ1v) is 8.26. The van der Waals surface area contributed by atoms with Gasteiger partial charge in [0.1, 0.15) is 0 Å². The van der Waals surface area contributed by atoms with Crippen LogP contribution in [0.25, 0.3) is 0 Å². The van der Waals surface area contributed by atoms with Crippen molar-refractivity contribution in [3.63, 3.8) is 0 Å². The van der Waals surface area contributed by atoms with Crippen molar-refractivity contribution < 1.29 is 18.4 Å². The van der Waals surface area contributed by atoms with Crippen molar-refractivity contribution in [2.24, 2.45) is 0 Å². The highest BCUT2D eigenvalue weighted by Crippen LogP contribution is 2.22. The first kappa shape index (κ1) is 16.3. The van der Waals surface area contributed by atoms with Gasteiger partial charge in [-0.15, -0.1) is 0 Å². The Morgan fingerprint density at radius 2 is 1.88 bits per heavy atom. The van der Waals surface area contributed by atoms with Crippen molar-refractivity contribution in [3.8, 4) is 0 Å². The Balaban J connectivity index is 3.82. The standard InChI is InChI=1S/C12H24O4Si/c1-5-10-17(14-3,15-4)11-8-7-9-16-12(13)6-2/h6H,2,5,7-11H2,1,3-4H3. The number of hydrogen-bond donors (Lipinski definition) is 0. The summed E-state index contributed by atoms with van der Waals surface area (Å²) in [5.74, 6) is -0.361. The van der Waals surface area contributed by atoms with Crippen molar-refractivity contribution >= 4 is 14.5 Å². The molecule has 0 aliphatic rings. The van der Waals surface area contributed by atoms with Crippen LogP contribution in [0.4, 0.5) is 0 Å². The third-order valence-corrected chi connectivity index (χ3v) is 6.60. The van der Waals surface area contributed by atoms with Gasteiger partial charge in [-0.1, -0.05) is 19.9 Å². The number of rotatable bonds is 10. The van der Waals surface area contributed by atoms with Gasteiger partial charge in [0.25, 0.3) is 0 Å². The van der Waals surface area contributed by atoms with Gasteiger partial charge in [-0.05, 0) is 24.9 Å². The molecule has 0 aliphatic carbocycles. The summed E-state index contributed by atoms with van der Waals surface area (Å²) in [6, 6.07) is 1.95. The van der Waals surface area contributed by atoms with Gasteiger partial charge in [-0.25, -0.2) is 4.79 Å². The summed E-state index contributed by atoms with van der Waals surface area (Å²) in [7, 11) is 1.46. The van der Waals surface area contributed by atoms with Crippen LogP contribution in [0.5, 0.6) is 0 Å². The molecule has 100 valence electrons. The maximum atomic E-state index is 10.8. The highest BCUT2D eigenvalue weighted by molar-refractivity contribution is 6.67. The van der Waals surface area contributed by atoms with E-state index in [1.807, 2.05) is 0 Å². The van der Waals surface area contributed by atoms with E-state index in [1.165, 1.54) is 6.08 Å². The van der Waals surface area contributed by atoms with Gasteiger partial charge in [0.15, 0.2) is 0 Å². The van der Waals surface area contributed by atoms with E-state index in [1.54, 1.807) is 14.2 Å². The van der Waals surface area contributed by atoms with Crippen molar-refractivity contribution in [2.45, 2.75) is 38.3 Å². The van der Waals surface area contributed by atoms with Gasteiger partial charge in [0.2, 0.25) is 0 Å². The predicted molar refractivity (Wildman–Crippen MR) is 70.1 cm³/mol. The molecule has 0 saturated heterocycles. The first-order chi connectivity index (χ1) is 8.14. The van der Waals surface area contributed by atoms with Gasteiger partial charge in [-0.3, -0.25) is 0 Å². The average molecular weight is 260 g/mol. The molecule has 0 unspecified atom stereocenters. The summed E-state index contributed by atoms with van der Waals surface area (Å²) in [4.78, 5) is 10.8. The summed E-state index contributed by atoms with van der Waals surface area (Å²) >= 11 is 0. The fraction of sp³-hybridized carbons (Fsp3) is 0.750. The third kappa shape index (κ3) is 6.60. The lowest BCUT2D eigenvalue weighted by Crippen LogP contribution is -2.39. The lowest BCUT2D eigenvalue weighted by Gasteiger charge is -2.26. The van der Waals surface area contributed by atoms with Crippen LogP contribution in [-0.4, -0.2) is 35.4 Å². The van der Waals surface area contributed by atoms with Crippen LogP contribution in [0.15, 0.2) is 12.7 Å². The van der Waals surface area contributed by atoms with Crippen molar-refractivity contribution in [2.75, 3.05) is 20.8 Å². The Hall–Kier alpha value is -0.653. The molecule has 0 atom stereocenters. The van der Waals surface area contributed by atoms with Gasteiger partial charge in [0.05, 0.1) is 6.61 Å². The molecule has 0 bridgehead atoms. The van der Waals surface area contributed by atoms with Crippen LogP contribution in [0.1, 0.15) is 26.2 Å². The minimum Gasteiger partial charge on any atom is -0.463 e. The number of carbonyl (C=O) groups is 1. The largest absolute Gasteiger partial charge is 0.463 e. The van der Waals surface area contributed by atoms with Crippen molar-refractivity contribution in [1.82, 2.24) is 0 Å². The van der Waals surface area contributed by atoms with Crippen molar-refractivity contribution in [3.05, 3.63) is 12.7 Å². The Morgan fingerprint density at radius 1 is 1.24 bits per heavy atom. The maximum absolute atomic E-state index is 10.8. The van der Waals surface area contributed by atoms with Crippen LogP contribution < -0.4 is 0 Å². The van der Waals surface area contributed by atoms with E-state index in [4.69, 9.17) is 13.6 Å². The van der Waals surface area contributed by atoms with Crippen LogP contribution in [0.2, 0.25) is 12.1 Å². The molecule has 0 amide bonds. The highest BCUT2D eigenvalue weighted by atomic mass is 28.4. The second-order valence-electron chi connectivity index (χ2n) is 3.90. The van der Waals surface area contributed by atoms with E-state index in [0.29, 0.717) is 6.61 Å². The quantitative estimate of drug-likeness (QED) is 0.262. The van der Waals surface area contributed by atoms with Crippen LogP contribution >= 0.6 is 0 Å². The average Bonchev–Trinajstić information content (AvgIpc) is 2.36. The van der Waals surface area contributed by atoms with Crippen LogP contribution in [0, 0.1) is 0 Å². The molecular weight excluding hydrogens is 236 g/mol. The van der Waals surface area contributed by atoms with Crippen LogP contribution in [0.3, 0.4) is 0 Å². The Kier molecular flexibility index (Phi) is 9.02. The zero-order chi connectivity index (χ0) is 13.1. The molecule has 0 rings (SSSR count). The topological polar surface area (TPSA) is 44.8 Å². The molecule has 0 N–H and O–H groups in total. The summed E-state index contributed by atoms with van der Waals surface area (Å²) in [5, 5.41) is 0. The summed E-state index contributed by atoms with van der Waals surface area (Å²) in [5.41, 5.74) is 0. The molecule has 0 spiro atoms. The smallest absolute Gasteiger partial charge is 0.337 e. The molecule has 0 saturated carbocycles. The molecule has 17 heavy (non-hydrogen) atoms. The molecule has 0 aromatic carbocycles. The number of carbonyl (C=O) groups excluding carboxylic acids is 1. The lowest BCUT2D eigenvalue weighted by molar-refractivity contribution is -0.137. The SMILES string of the molecule is C=CC(=O)OCCCC[Si](CCC)(OC)OC. The van der Waals surface area contributed by atoms with E-state index < -0.39 is 8.56 Å². The fourth-order valence-corrected chi connectivity index (χ4v) is 4.51. The molecule has 0 aliphatic heterocycles. The maximum Gasteiger partial charge on any atom is 0.337 e. The van der Waals surface area contributed by atoms with E-state index in [-0.39, 0.29) is 5.97 Å². The Morgan fingerprint density at radius 3 is 2.35 bits per heavy atom. The zero-order valence-electron chi connectivity index (χ0n) is 11.2. The molecular formula is C12H24O4Si. The summed E-state index contributed by atoms with van der Waals surface area (Å²) < 4.78 is 16.0. The molecule has 0 aromatic heterocycles. The normalized spacial score (nSPS) is 11.2. The fourth-order valence-electron chi connectivity index (χ4n) is 1.73. The van der Waals surface area contributed by atoms with Gasteiger partial charge in [0, 0.05) is 20.3 Å².